The van der Waals surface area contributed by atoms with Gasteiger partial charge in [0.1, 0.15) is 0 Å². The Morgan fingerprint density at radius 2 is 1.72 bits per heavy atom. The molecule has 0 aliphatic carbocycles. The number of hydrogen-bond donors (Lipinski definition) is 2. The molecule has 0 saturated carbocycles. The first kappa shape index (κ1) is 20.6. The summed E-state index contributed by atoms with van der Waals surface area (Å²) < 4.78 is 29.1. The summed E-state index contributed by atoms with van der Waals surface area (Å²) in [5.74, 6) is -1.95. The maximum atomic E-state index is 12.2. The fourth-order valence-electron chi connectivity index (χ4n) is 1.85. The average molecular weight is 370 g/mol. The van der Waals surface area contributed by atoms with Gasteiger partial charge in [-0.05, 0) is 32.9 Å². The lowest BCUT2D eigenvalue weighted by molar-refractivity contribution is -0.127. The molecule has 0 spiro atoms. The summed E-state index contributed by atoms with van der Waals surface area (Å²) in [5.41, 5.74) is -0.157. The third-order valence-electron chi connectivity index (χ3n) is 3.13. The number of carbonyl (C=O) groups is 3. The highest BCUT2D eigenvalue weighted by Gasteiger charge is 2.25. The molecule has 1 atom stereocenters. The van der Waals surface area contributed by atoms with E-state index < -0.39 is 33.8 Å². The molecule has 0 radical (unpaired) electrons. The zero-order valence-corrected chi connectivity index (χ0v) is 15.3. The van der Waals surface area contributed by atoms with Crippen LogP contribution in [0.25, 0.3) is 0 Å². The summed E-state index contributed by atoms with van der Waals surface area (Å²) in [4.78, 5) is 35.4. The number of amides is 3. The molecule has 1 aromatic carbocycles. The molecule has 9 heteroatoms. The fraction of sp³-hybridized carbons (Fsp3) is 0.438. The highest BCUT2D eigenvalue weighted by molar-refractivity contribution is 7.91. The molecule has 0 aromatic heterocycles. The van der Waals surface area contributed by atoms with Gasteiger partial charge in [0.25, 0.3) is 5.91 Å². The van der Waals surface area contributed by atoms with E-state index in [1.165, 1.54) is 38.1 Å². The third-order valence-corrected chi connectivity index (χ3v) is 4.92. The minimum Gasteiger partial charge on any atom is -0.449 e. The van der Waals surface area contributed by atoms with Crippen molar-refractivity contribution >= 4 is 27.7 Å². The predicted octanol–water partition coefficient (Wildman–Crippen LogP) is 1.26. The van der Waals surface area contributed by atoms with Crippen molar-refractivity contribution in [3.05, 3.63) is 29.8 Å². The van der Waals surface area contributed by atoms with Crippen molar-refractivity contribution in [1.29, 1.82) is 0 Å². The number of urea groups is 1. The molecule has 1 rings (SSSR count). The number of hydrogen-bond acceptors (Lipinski definition) is 6. The van der Waals surface area contributed by atoms with Crippen LogP contribution in [0.2, 0.25) is 0 Å². The molecule has 0 unspecified atom stereocenters. The van der Waals surface area contributed by atoms with Crippen LogP contribution in [-0.4, -0.2) is 44.2 Å². The van der Waals surface area contributed by atoms with Gasteiger partial charge in [-0.3, -0.25) is 10.1 Å². The predicted molar refractivity (Wildman–Crippen MR) is 90.9 cm³/mol. The Morgan fingerprint density at radius 1 is 1.12 bits per heavy atom. The minimum atomic E-state index is -3.63. The Morgan fingerprint density at radius 3 is 2.28 bits per heavy atom. The van der Waals surface area contributed by atoms with Crippen LogP contribution in [0.4, 0.5) is 4.79 Å². The van der Waals surface area contributed by atoms with Gasteiger partial charge in [0, 0.05) is 6.04 Å². The SMILES string of the molecule is CCS(=O)(=O)c1ccccc1C(=O)O[C@H](C)C(=O)NC(=O)NC(C)C. The second kappa shape index (κ2) is 8.61. The van der Waals surface area contributed by atoms with Gasteiger partial charge >= 0.3 is 12.0 Å². The smallest absolute Gasteiger partial charge is 0.340 e. The summed E-state index contributed by atoms with van der Waals surface area (Å²) in [6, 6.07) is 4.71. The number of carbonyl (C=O) groups excluding carboxylic acids is 3. The van der Waals surface area contributed by atoms with Gasteiger partial charge in [0.15, 0.2) is 15.9 Å². The number of ether oxygens (including phenoxy) is 1. The minimum absolute atomic E-state index is 0.157. The van der Waals surface area contributed by atoms with Gasteiger partial charge in [-0.15, -0.1) is 0 Å². The monoisotopic (exact) mass is 370 g/mol. The van der Waals surface area contributed by atoms with Crippen LogP contribution in [0, 0.1) is 0 Å². The standard InChI is InChI=1S/C16H22N2O6S/c1-5-25(22,23)13-9-7-6-8-12(13)15(20)24-11(4)14(19)18-16(21)17-10(2)3/h6-11H,5H2,1-4H3,(H2,17,18,19,21)/t11-/m1/s1. The van der Waals surface area contributed by atoms with E-state index in [1.54, 1.807) is 13.8 Å². The first-order chi connectivity index (χ1) is 11.6. The number of imide groups is 1. The van der Waals surface area contributed by atoms with Crippen molar-refractivity contribution in [3.63, 3.8) is 0 Å². The van der Waals surface area contributed by atoms with Crippen LogP contribution in [-0.2, 0) is 19.4 Å². The summed E-state index contributed by atoms with van der Waals surface area (Å²) in [5, 5.41) is 4.50. The van der Waals surface area contributed by atoms with Crippen molar-refractivity contribution in [1.82, 2.24) is 10.6 Å². The molecule has 0 aliphatic rings. The molecule has 138 valence electrons. The Bertz CT molecular complexity index is 758. The lowest BCUT2D eigenvalue weighted by Crippen LogP contribution is -2.46. The van der Waals surface area contributed by atoms with Gasteiger partial charge in [-0.1, -0.05) is 19.1 Å². The van der Waals surface area contributed by atoms with Crippen LogP contribution in [0.15, 0.2) is 29.2 Å². The Kier molecular flexibility index (Phi) is 7.10. The highest BCUT2D eigenvalue weighted by Crippen LogP contribution is 2.18. The second-order valence-corrected chi connectivity index (χ2v) is 7.81. The second-order valence-electron chi connectivity index (χ2n) is 5.56. The molecule has 0 bridgehead atoms. The first-order valence-corrected chi connectivity index (χ1v) is 9.37. The summed E-state index contributed by atoms with van der Waals surface area (Å²) >= 11 is 0. The van der Waals surface area contributed by atoms with Gasteiger partial charge < -0.3 is 10.1 Å². The van der Waals surface area contributed by atoms with Crippen molar-refractivity contribution in [2.24, 2.45) is 0 Å². The topological polar surface area (TPSA) is 119 Å². The van der Waals surface area contributed by atoms with Crippen LogP contribution < -0.4 is 10.6 Å². The van der Waals surface area contributed by atoms with Crippen molar-refractivity contribution in [2.45, 2.75) is 44.7 Å². The molecule has 0 aliphatic heterocycles. The lowest BCUT2D eigenvalue weighted by atomic mass is 10.2. The molecule has 3 amide bonds. The normalized spacial score (nSPS) is 12.4. The van der Waals surface area contributed by atoms with Crippen LogP contribution in [0.5, 0.6) is 0 Å². The fourth-order valence-corrected chi connectivity index (χ4v) is 2.93. The maximum absolute atomic E-state index is 12.2. The van der Waals surface area contributed by atoms with Crippen LogP contribution >= 0.6 is 0 Å². The molecule has 0 heterocycles. The first-order valence-electron chi connectivity index (χ1n) is 7.72. The van der Waals surface area contributed by atoms with Crippen molar-refractivity contribution < 1.29 is 27.5 Å². The largest absolute Gasteiger partial charge is 0.449 e. The lowest BCUT2D eigenvalue weighted by Gasteiger charge is -2.15. The molecule has 1 aromatic rings. The van der Waals surface area contributed by atoms with E-state index in [4.69, 9.17) is 4.74 Å². The van der Waals surface area contributed by atoms with Gasteiger partial charge in [0.2, 0.25) is 0 Å². The summed E-state index contributed by atoms with van der Waals surface area (Å²) in [7, 11) is -3.63. The van der Waals surface area contributed by atoms with E-state index in [-0.39, 0.29) is 22.3 Å². The molecule has 0 saturated heterocycles. The number of nitrogens with one attached hydrogen (secondary N) is 2. The van der Waals surface area contributed by atoms with Gasteiger partial charge in [-0.25, -0.2) is 18.0 Å². The Labute approximate surface area is 146 Å². The van der Waals surface area contributed by atoms with E-state index >= 15 is 0 Å². The Balaban J connectivity index is 2.86. The molecular formula is C16H22N2O6S. The molecule has 2 N–H and O–H groups in total. The summed E-state index contributed by atoms with van der Waals surface area (Å²) in [6.07, 6.45) is -1.28. The number of sulfone groups is 1. The quantitative estimate of drug-likeness (QED) is 0.728. The zero-order valence-electron chi connectivity index (χ0n) is 14.5. The van der Waals surface area contributed by atoms with E-state index in [0.29, 0.717) is 0 Å². The van der Waals surface area contributed by atoms with Gasteiger partial charge in [-0.2, -0.15) is 0 Å². The van der Waals surface area contributed by atoms with Crippen molar-refractivity contribution in [3.8, 4) is 0 Å². The Hall–Kier alpha value is -2.42. The third kappa shape index (κ3) is 5.86. The van der Waals surface area contributed by atoms with E-state index in [2.05, 4.69) is 5.32 Å². The zero-order chi connectivity index (χ0) is 19.2. The number of esters is 1. The number of rotatable bonds is 6. The summed E-state index contributed by atoms with van der Waals surface area (Å²) in [6.45, 7) is 6.19. The van der Waals surface area contributed by atoms with Crippen LogP contribution in [0.1, 0.15) is 38.1 Å². The van der Waals surface area contributed by atoms with Crippen LogP contribution in [0.3, 0.4) is 0 Å². The molecule has 8 nitrogen and oxygen atoms in total. The molecule has 25 heavy (non-hydrogen) atoms. The van der Waals surface area contributed by atoms with Crippen molar-refractivity contribution in [2.75, 3.05) is 5.75 Å². The highest BCUT2D eigenvalue weighted by atomic mass is 32.2. The van der Waals surface area contributed by atoms with E-state index in [0.717, 1.165) is 0 Å². The van der Waals surface area contributed by atoms with Gasteiger partial charge in [0.05, 0.1) is 16.2 Å². The van der Waals surface area contributed by atoms with E-state index in [1.807, 2.05) is 5.32 Å². The number of benzene rings is 1. The molecule has 0 fully saturated rings. The maximum Gasteiger partial charge on any atom is 0.340 e. The average Bonchev–Trinajstić information content (AvgIpc) is 2.53. The van der Waals surface area contributed by atoms with E-state index in [9.17, 15) is 22.8 Å². The molecular weight excluding hydrogens is 348 g/mol.